The number of rotatable bonds is 7. The first kappa shape index (κ1) is 18.3. The molecule has 0 saturated carbocycles. The summed E-state index contributed by atoms with van der Waals surface area (Å²) in [4.78, 5) is 17.4. The van der Waals surface area contributed by atoms with Gasteiger partial charge in [0.1, 0.15) is 0 Å². The maximum atomic E-state index is 12.2. The zero-order valence-electron chi connectivity index (χ0n) is 15.1. The fourth-order valence-electron chi connectivity index (χ4n) is 2.69. The van der Waals surface area contributed by atoms with E-state index in [9.17, 15) is 4.79 Å². The van der Waals surface area contributed by atoms with Crippen LogP contribution in [0.2, 0.25) is 0 Å². The lowest BCUT2D eigenvalue weighted by molar-refractivity contribution is -0.118. The molecule has 0 saturated heterocycles. The van der Waals surface area contributed by atoms with Crippen LogP contribution in [0.4, 0.5) is 0 Å². The summed E-state index contributed by atoms with van der Waals surface area (Å²) in [6.45, 7) is 5.47. The average Bonchev–Trinajstić information content (AvgIpc) is 3.14. The lowest BCUT2D eigenvalue weighted by Crippen LogP contribution is -2.24. The molecule has 26 heavy (non-hydrogen) atoms. The van der Waals surface area contributed by atoms with Crippen LogP contribution in [0.3, 0.4) is 0 Å². The maximum absolute atomic E-state index is 12.2. The monoisotopic (exact) mass is 365 g/mol. The molecule has 1 heterocycles. The van der Waals surface area contributed by atoms with E-state index in [0.717, 1.165) is 12.1 Å². The Bertz CT molecular complexity index is 875. The third kappa shape index (κ3) is 5.23. The van der Waals surface area contributed by atoms with E-state index in [1.807, 2.05) is 22.9 Å². The van der Waals surface area contributed by atoms with Gasteiger partial charge >= 0.3 is 0 Å². The summed E-state index contributed by atoms with van der Waals surface area (Å²) in [6.07, 6.45) is 5.52. The minimum atomic E-state index is 0.0518. The van der Waals surface area contributed by atoms with Gasteiger partial charge in [-0.15, -0.1) is 11.8 Å². The second-order valence-corrected chi connectivity index (χ2v) is 7.41. The van der Waals surface area contributed by atoms with Gasteiger partial charge in [0.05, 0.1) is 12.1 Å². The van der Waals surface area contributed by atoms with Gasteiger partial charge in [0.15, 0.2) is 0 Å². The predicted octanol–water partition coefficient (Wildman–Crippen LogP) is 3.96. The molecule has 0 aliphatic rings. The summed E-state index contributed by atoms with van der Waals surface area (Å²) in [5.41, 5.74) is 4.72. The summed E-state index contributed by atoms with van der Waals surface area (Å²) in [5, 5.41) is 3.01. The molecule has 5 heteroatoms. The largest absolute Gasteiger partial charge is 0.351 e. The van der Waals surface area contributed by atoms with E-state index < -0.39 is 0 Å². The molecule has 4 nitrogen and oxygen atoms in total. The van der Waals surface area contributed by atoms with Crippen molar-refractivity contribution in [3.63, 3.8) is 0 Å². The highest BCUT2D eigenvalue weighted by atomic mass is 32.2. The van der Waals surface area contributed by atoms with Crippen molar-refractivity contribution in [1.82, 2.24) is 14.9 Å². The highest BCUT2D eigenvalue weighted by molar-refractivity contribution is 8.00. The van der Waals surface area contributed by atoms with Crippen LogP contribution in [0.25, 0.3) is 0 Å². The van der Waals surface area contributed by atoms with Crippen LogP contribution in [0.1, 0.15) is 22.3 Å². The molecule has 1 amide bonds. The predicted molar refractivity (Wildman–Crippen MR) is 106 cm³/mol. The molecule has 0 unspecified atom stereocenters. The quantitative estimate of drug-likeness (QED) is 0.645. The summed E-state index contributed by atoms with van der Waals surface area (Å²) in [7, 11) is 0. The maximum Gasteiger partial charge on any atom is 0.230 e. The minimum absolute atomic E-state index is 0.0518. The minimum Gasteiger partial charge on any atom is -0.351 e. The SMILES string of the molecule is Cc1ccc(C)c(SCC(=O)NCc2cccc(Cn3ccnc3)c2)c1. The van der Waals surface area contributed by atoms with Crippen LogP contribution in [0.5, 0.6) is 0 Å². The molecule has 0 bridgehead atoms. The second-order valence-electron chi connectivity index (χ2n) is 6.39. The number of nitrogens with zero attached hydrogens (tertiary/aromatic N) is 2. The standard InChI is InChI=1S/C21H23N3OS/c1-16-6-7-17(2)20(10-16)26-14-21(25)23-12-18-4-3-5-19(11-18)13-24-9-8-22-15-24/h3-11,15H,12-14H2,1-2H3,(H,23,25). The molecular weight excluding hydrogens is 342 g/mol. The molecule has 0 atom stereocenters. The van der Waals surface area contributed by atoms with E-state index in [1.165, 1.54) is 21.6 Å². The highest BCUT2D eigenvalue weighted by Gasteiger charge is 2.06. The van der Waals surface area contributed by atoms with Crippen molar-refractivity contribution in [1.29, 1.82) is 0 Å². The van der Waals surface area contributed by atoms with Crippen LogP contribution in [0.15, 0.2) is 66.1 Å². The number of aromatic nitrogens is 2. The normalized spacial score (nSPS) is 10.7. The number of aryl methyl sites for hydroxylation is 2. The Kier molecular flexibility index (Phi) is 6.12. The number of benzene rings is 2. The Morgan fingerprint density at radius 3 is 2.81 bits per heavy atom. The number of carbonyl (C=O) groups excluding carboxylic acids is 1. The number of imidazole rings is 1. The van der Waals surface area contributed by atoms with Crippen molar-refractivity contribution in [2.75, 3.05) is 5.75 Å². The molecule has 0 fully saturated rings. The molecular formula is C21H23N3OS. The Hall–Kier alpha value is -2.53. The number of hydrogen-bond acceptors (Lipinski definition) is 3. The number of hydrogen-bond donors (Lipinski definition) is 1. The third-order valence-electron chi connectivity index (χ3n) is 4.11. The fraction of sp³-hybridized carbons (Fsp3) is 0.238. The fourth-order valence-corrected chi connectivity index (χ4v) is 3.64. The van der Waals surface area contributed by atoms with Gasteiger partial charge in [-0.2, -0.15) is 0 Å². The molecule has 0 aliphatic heterocycles. The topological polar surface area (TPSA) is 46.9 Å². The summed E-state index contributed by atoms with van der Waals surface area (Å²) in [5.74, 6) is 0.481. The van der Waals surface area contributed by atoms with Gasteiger partial charge in [-0.05, 0) is 36.6 Å². The Labute approximate surface area is 158 Å². The Morgan fingerprint density at radius 2 is 2.00 bits per heavy atom. The van der Waals surface area contributed by atoms with Crippen molar-refractivity contribution in [3.8, 4) is 0 Å². The van der Waals surface area contributed by atoms with Crippen LogP contribution in [0, 0.1) is 13.8 Å². The Morgan fingerprint density at radius 1 is 1.15 bits per heavy atom. The number of nitrogens with one attached hydrogen (secondary N) is 1. The van der Waals surface area contributed by atoms with Crippen LogP contribution in [-0.2, 0) is 17.9 Å². The van der Waals surface area contributed by atoms with Crippen molar-refractivity contribution in [3.05, 3.63) is 83.4 Å². The van der Waals surface area contributed by atoms with Gasteiger partial charge in [0.25, 0.3) is 0 Å². The van der Waals surface area contributed by atoms with E-state index in [4.69, 9.17) is 0 Å². The zero-order valence-corrected chi connectivity index (χ0v) is 15.9. The van der Waals surface area contributed by atoms with Gasteiger partial charge in [-0.1, -0.05) is 42.0 Å². The van der Waals surface area contributed by atoms with E-state index >= 15 is 0 Å². The van der Waals surface area contributed by atoms with Crippen molar-refractivity contribution < 1.29 is 4.79 Å². The molecule has 2 aromatic carbocycles. The van der Waals surface area contributed by atoms with E-state index in [1.54, 1.807) is 24.3 Å². The summed E-state index contributed by atoms with van der Waals surface area (Å²) >= 11 is 1.59. The van der Waals surface area contributed by atoms with E-state index in [2.05, 4.69) is 54.5 Å². The Balaban J connectivity index is 1.50. The summed E-state index contributed by atoms with van der Waals surface area (Å²) < 4.78 is 2.03. The highest BCUT2D eigenvalue weighted by Crippen LogP contribution is 2.23. The van der Waals surface area contributed by atoms with Crippen molar-refractivity contribution in [2.45, 2.75) is 31.8 Å². The van der Waals surface area contributed by atoms with Crippen molar-refractivity contribution >= 4 is 17.7 Å². The van der Waals surface area contributed by atoms with Gasteiger partial charge in [0.2, 0.25) is 5.91 Å². The van der Waals surface area contributed by atoms with Crippen LogP contribution < -0.4 is 5.32 Å². The first-order valence-electron chi connectivity index (χ1n) is 8.60. The smallest absolute Gasteiger partial charge is 0.230 e. The first-order chi connectivity index (χ1) is 12.6. The van der Waals surface area contributed by atoms with Gasteiger partial charge < -0.3 is 9.88 Å². The lowest BCUT2D eigenvalue weighted by atomic mass is 10.1. The average molecular weight is 366 g/mol. The van der Waals surface area contributed by atoms with Gasteiger partial charge in [-0.25, -0.2) is 4.98 Å². The molecule has 3 rings (SSSR count). The van der Waals surface area contributed by atoms with Gasteiger partial charge in [-0.3, -0.25) is 4.79 Å². The third-order valence-corrected chi connectivity index (χ3v) is 5.27. The van der Waals surface area contributed by atoms with Gasteiger partial charge in [0, 0.05) is 30.4 Å². The molecule has 0 radical (unpaired) electrons. The van der Waals surface area contributed by atoms with E-state index in [-0.39, 0.29) is 5.91 Å². The number of carbonyl (C=O) groups is 1. The van der Waals surface area contributed by atoms with E-state index in [0.29, 0.717) is 12.3 Å². The first-order valence-corrected chi connectivity index (χ1v) is 9.59. The van der Waals surface area contributed by atoms with Crippen molar-refractivity contribution in [2.24, 2.45) is 0 Å². The lowest BCUT2D eigenvalue weighted by Gasteiger charge is -2.09. The molecule has 0 aliphatic carbocycles. The molecule has 134 valence electrons. The molecule has 1 aromatic heterocycles. The second kappa shape index (κ2) is 8.72. The number of amides is 1. The van der Waals surface area contributed by atoms with Crippen LogP contribution in [-0.4, -0.2) is 21.2 Å². The van der Waals surface area contributed by atoms with Crippen LogP contribution >= 0.6 is 11.8 Å². The molecule has 0 spiro atoms. The molecule has 3 aromatic rings. The zero-order chi connectivity index (χ0) is 18.4. The summed E-state index contributed by atoms with van der Waals surface area (Å²) in [6, 6.07) is 14.6. The molecule has 1 N–H and O–H groups in total. The number of thioether (sulfide) groups is 1.